The van der Waals surface area contributed by atoms with Crippen molar-refractivity contribution < 1.29 is 9.53 Å². The molecule has 0 saturated heterocycles. The maximum absolute atomic E-state index is 11.5. The first kappa shape index (κ1) is 10.0. The van der Waals surface area contributed by atoms with Crippen molar-refractivity contribution in [3.63, 3.8) is 0 Å². The maximum Gasteiger partial charge on any atom is 0.337 e. The van der Waals surface area contributed by atoms with Gasteiger partial charge in [-0.3, -0.25) is 0 Å². The molecular formula is C14H11NO2. The number of benzene rings is 1. The molecule has 0 fully saturated rings. The molecule has 2 aliphatic rings. The van der Waals surface area contributed by atoms with Gasteiger partial charge in [0.25, 0.3) is 0 Å². The summed E-state index contributed by atoms with van der Waals surface area (Å²) in [4.78, 5) is 16.0. The molecule has 0 unspecified atom stereocenters. The number of carbonyl (C=O) groups excluding carboxylic acids is 1. The monoisotopic (exact) mass is 225 g/mol. The van der Waals surface area contributed by atoms with E-state index in [1.54, 1.807) is 6.07 Å². The number of esters is 1. The molecule has 1 aromatic rings. The van der Waals surface area contributed by atoms with Crippen molar-refractivity contribution in [3.05, 3.63) is 58.3 Å². The van der Waals surface area contributed by atoms with Crippen molar-refractivity contribution in [2.75, 3.05) is 7.11 Å². The molecular weight excluding hydrogens is 214 g/mol. The van der Waals surface area contributed by atoms with E-state index >= 15 is 0 Å². The Hall–Kier alpha value is -2.16. The van der Waals surface area contributed by atoms with Gasteiger partial charge in [0.05, 0.1) is 23.7 Å². The van der Waals surface area contributed by atoms with Crippen molar-refractivity contribution >= 4 is 11.5 Å². The van der Waals surface area contributed by atoms with E-state index in [-0.39, 0.29) is 5.97 Å². The van der Waals surface area contributed by atoms with Gasteiger partial charge in [-0.25, -0.2) is 9.79 Å². The number of nitrogens with zero attached hydrogens (tertiary/aromatic N) is 1. The third kappa shape index (κ3) is 1.51. The van der Waals surface area contributed by atoms with Crippen molar-refractivity contribution in [1.82, 2.24) is 0 Å². The average Bonchev–Trinajstić information content (AvgIpc) is 2.75. The van der Waals surface area contributed by atoms with E-state index in [1.165, 1.54) is 12.7 Å². The number of allylic oxidation sites excluding steroid dienone is 4. The molecule has 0 spiro atoms. The van der Waals surface area contributed by atoms with Gasteiger partial charge in [0.2, 0.25) is 0 Å². The van der Waals surface area contributed by atoms with Crippen molar-refractivity contribution in [1.29, 1.82) is 0 Å². The predicted molar refractivity (Wildman–Crippen MR) is 63.8 cm³/mol. The zero-order chi connectivity index (χ0) is 11.8. The number of carbonyl (C=O) groups is 1. The summed E-state index contributed by atoms with van der Waals surface area (Å²) in [5.41, 5.74) is 2.77. The van der Waals surface area contributed by atoms with Gasteiger partial charge in [-0.2, -0.15) is 0 Å². The van der Waals surface area contributed by atoms with Gasteiger partial charge >= 0.3 is 5.97 Å². The van der Waals surface area contributed by atoms with Crippen LogP contribution in [0.1, 0.15) is 16.8 Å². The second-order valence-corrected chi connectivity index (χ2v) is 4.00. The average molecular weight is 225 g/mol. The molecule has 0 atom stereocenters. The van der Waals surface area contributed by atoms with Crippen LogP contribution in [0.15, 0.2) is 47.1 Å². The van der Waals surface area contributed by atoms with E-state index in [0.29, 0.717) is 5.56 Å². The molecule has 1 aliphatic carbocycles. The summed E-state index contributed by atoms with van der Waals surface area (Å²) in [6.07, 6.45) is 6.97. The number of rotatable bonds is 1. The zero-order valence-electron chi connectivity index (χ0n) is 9.43. The van der Waals surface area contributed by atoms with Crippen LogP contribution < -0.4 is 10.6 Å². The summed E-state index contributed by atoms with van der Waals surface area (Å²) in [6.45, 7) is 0. The topological polar surface area (TPSA) is 38.7 Å². The molecule has 3 rings (SSSR count). The van der Waals surface area contributed by atoms with Crippen molar-refractivity contribution in [2.45, 2.75) is 6.42 Å². The highest BCUT2D eigenvalue weighted by Crippen LogP contribution is 2.21. The molecule has 84 valence electrons. The molecule has 17 heavy (non-hydrogen) atoms. The van der Waals surface area contributed by atoms with E-state index in [4.69, 9.17) is 4.74 Å². The minimum atomic E-state index is -0.308. The Morgan fingerprint density at radius 2 is 2.29 bits per heavy atom. The quantitative estimate of drug-likeness (QED) is 0.671. The number of hydrogen-bond donors (Lipinski definition) is 0. The fourth-order valence-corrected chi connectivity index (χ4v) is 2.15. The summed E-state index contributed by atoms with van der Waals surface area (Å²) in [5, 5.41) is 1.98. The Bertz CT molecular complexity index is 681. The minimum absolute atomic E-state index is 0.308. The van der Waals surface area contributed by atoms with Crippen molar-refractivity contribution in [2.24, 2.45) is 4.99 Å². The summed E-state index contributed by atoms with van der Waals surface area (Å²) >= 11 is 0. The Morgan fingerprint density at radius 1 is 1.41 bits per heavy atom. The van der Waals surface area contributed by atoms with Gasteiger partial charge in [-0.05, 0) is 36.3 Å². The molecule has 0 saturated carbocycles. The smallest absolute Gasteiger partial charge is 0.337 e. The summed E-state index contributed by atoms with van der Waals surface area (Å²) in [7, 11) is 1.39. The highest BCUT2D eigenvalue weighted by Gasteiger charge is 2.15. The van der Waals surface area contributed by atoms with Gasteiger partial charge < -0.3 is 4.74 Å². The standard InChI is InChI=1S/C14H11NO2/c1-17-14(16)9-6-7-13-11(8-9)10-4-2-3-5-12(10)15-13/h2-3,5-8H,4H2,1H3. The normalized spacial score (nSPS) is 15.8. The zero-order valence-corrected chi connectivity index (χ0v) is 9.43. The highest BCUT2D eigenvalue weighted by atomic mass is 16.5. The van der Waals surface area contributed by atoms with Crippen LogP contribution in [0, 0.1) is 0 Å². The fraction of sp³-hybridized carbons (Fsp3) is 0.143. The lowest BCUT2D eigenvalue weighted by atomic mass is 10.0. The molecule has 3 nitrogen and oxygen atoms in total. The van der Waals surface area contributed by atoms with Gasteiger partial charge in [0.15, 0.2) is 0 Å². The Labute approximate surface area is 98.4 Å². The van der Waals surface area contributed by atoms with Gasteiger partial charge in [0.1, 0.15) is 0 Å². The van der Waals surface area contributed by atoms with Gasteiger partial charge in [-0.1, -0.05) is 12.2 Å². The highest BCUT2D eigenvalue weighted by molar-refractivity contribution is 5.89. The molecule has 0 amide bonds. The van der Waals surface area contributed by atoms with Crippen LogP contribution in [-0.4, -0.2) is 13.1 Å². The second kappa shape index (κ2) is 3.70. The second-order valence-electron chi connectivity index (χ2n) is 4.00. The van der Waals surface area contributed by atoms with E-state index in [0.717, 1.165) is 22.7 Å². The maximum atomic E-state index is 11.5. The molecule has 1 aliphatic heterocycles. The van der Waals surface area contributed by atoms with Crippen LogP contribution in [0.5, 0.6) is 0 Å². The van der Waals surface area contributed by atoms with Gasteiger partial charge in [0, 0.05) is 5.22 Å². The first-order valence-electron chi connectivity index (χ1n) is 5.47. The van der Waals surface area contributed by atoms with Gasteiger partial charge in [-0.15, -0.1) is 0 Å². The van der Waals surface area contributed by atoms with E-state index in [9.17, 15) is 4.79 Å². The van der Waals surface area contributed by atoms with Crippen molar-refractivity contribution in [3.8, 4) is 0 Å². The van der Waals surface area contributed by atoms with Crippen LogP contribution in [0.3, 0.4) is 0 Å². The largest absolute Gasteiger partial charge is 0.465 e. The summed E-state index contributed by atoms with van der Waals surface area (Å²) < 4.78 is 4.72. The number of hydrogen-bond acceptors (Lipinski definition) is 3. The fourth-order valence-electron chi connectivity index (χ4n) is 2.15. The Balaban J connectivity index is 2.25. The van der Waals surface area contributed by atoms with Crippen LogP contribution >= 0.6 is 0 Å². The minimum Gasteiger partial charge on any atom is -0.465 e. The van der Waals surface area contributed by atoms with Crippen LogP contribution in [0.4, 0.5) is 0 Å². The lowest BCUT2D eigenvalue weighted by Gasteiger charge is -2.03. The molecule has 1 heterocycles. The van der Waals surface area contributed by atoms with Crippen LogP contribution in [-0.2, 0) is 4.74 Å². The van der Waals surface area contributed by atoms with E-state index < -0.39 is 0 Å². The third-order valence-corrected chi connectivity index (χ3v) is 3.01. The number of fused-ring (bicyclic) bond motifs is 2. The Morgan fingerprint density at radius 3 is 3.12 bits per heavy atom. The molecule has 0 N–H and O–H groups in total. The summed E-state index contributed by atoms with van der Waals surface area (Å²) in [5.74, 6) is -0.308. The molecule has 0 aromatic heterocycles. The summed E-state index contributed by atoms with van der Waals surface area (Å²) in [6, 6.07) is 5.48. The molecule has 3 heteroatoms. The van der Waals surface area contributed by atoms with Crippen LogP contribution in [0.2, 0.25) is 0 Å². The predicted octanol–water partition coefficient (Wildman–Crippen LogP) is 1.10. The lowest BCUT2D eigenvalue weighted by molar-refractivity contribution is 0.0600. The number of methoxy groups -OCH3 is 1. The SMILES string of the molecule is COC(=O)c1ccc2c(c1)=C1CC=CC=C1N=2. The first-order valence-corrected chi connectivity index (χ1v) is 5.47. The molecule has 0 bridgehead atoms. The van der Waals surface area contributed by atoms with E-state index in [2.05, 4.69) is 11.1 Å². The van der Waals surface area contributed by atoms with E-state index in [1.807, 2.05) is 24.3 Å². The Kier molecular flexibility index (Phi) is 2.18. The molecule has 1 aromatic carbocycles. The first-order chi connectivity index (χ1) is 8.29. The number of ether oxygens (including phenoxy) is 1. The molecule has 0 radical (unpaired) electrons. The third-order valence-electron chi connectivity index (χ3n) is 3.01. The van der Waals surface area contributed by atoms with Crippen LogP contribution in [0.25, 0.3) is 5.57 Å². The lowest BCUT2D eigenvalue weighted by Crippen LogP contribution is -2.24.